The zero-order valence-corrected chi connectivity index (χ0v) is 15.0. The van der Waals surface area contributed by atoms with Gasteiger partial charge in [0.15, 0.2) is 5.65 Å². The molecule has 0 unspecified atom stereocenters. The molecule has 1 aliphatic rings. The fourth-order valence-corrected chi connectivity index (χ4v) is 4.00. The molecule has 0 bridgehead atoms. The fourth-order valence-electron chi connectivity index (χ4n) is 4.00. The lowest BCUT2D eigenvalue weighted by atomic mass is 9.92. The summed E-state index contributed by atoms with van der Waals surface area (Å²) in [4.78, 5) is 11.9. The molecule has 4 rings (SSSR count). The van der Waals surface area contributed by atoms with E-state index in [2.05, 4.69) is 54.1 Å². The summed E-state index contributed by atoms with van der Waals surface area (Å²) in [6.07, 6.45) is 0. The highest BCUT2D eigenvalue weighted by Gasteiger charge is 2.38. The van der Waals surface area contributed by atoms with Gasteiger partial charge in [-0.1, -0.05) is 12.1 Å². The first-order chi connectivity index (χ1) is 11.2. The Morgan fingerprint density at radius 1 is 1.00 bits per heavy atom. The van der Waals surface area contributed by atoms with Crippen molar-refractivity contribution in [3.05, 3.63) is 30.1 Å². The van der Waals surface area contributed by atoms with Gasteiger partial charge in [0.1, 0.15) is 5.82 Å². The molecule has 6 heteroatoms. The van der Waals surface area contributed by atoms with E-state index in [0.717, 1.165) is 41.4 Å². The van der Waals surface area contributed by atoms with Crippen LogP contribution in [-0.2, 0) is 0 Å². The normalized spacial score (nSPS) is 20.0. The van der Waals surface area contributed by atoms with E-state index in [-0.39, 0.29) is 11.1 Å². The molecular weight excluding hydrogens is 300 g/mol. The van der Waals surface area contributed by atoms with Gasteiger partial charge in [-0.2, -0.15) is 4.52 Å². The van der Waals surface area contributed by atoms with Crippen LogP contribution in [0.4, 0.5) is 5.95 Å². The molecule has 0 aliphatic carbocycles. The van der Waals surface area contributed by atoms with Crippen LogP contribution in [0.25, 0.3) is 16.6 Å². The van der Waals surface area contributed by atoms with E-state index in [1.54, 1.807) is 0 Å². The van der Waals surface area contributed by atoms with E-state index in [1.165, 1.54) is 0 Å². The summed E-state index contributed by atoms with van der Waals surface area (Å²) in [6, 6.07) is 8.14. The molecule has 1 saturated heterocycles. The van der Waals surface area contributed by atoms with Gasteiger partial charge in [0, 0.05) is 29.6 Å². The quantitative estimate of drug-likeness (QED) is 0.745. The number of benzene rings is 1. The van der Waals surface area contributed by atoms with Crippen LogP contribution in [0, 0.1) is 6.92 Å². The monoisotopic (exact) mass is 324 g/mol. The molecule has 0 amide bonds. The summed E-state index contributed by atoms with van der Waals surface area (Å²) < 4.78 is 1.90. The molecular formula is C18H24N6. The maximum Gasteiger partial charge on any atom is 0.229 e. The molecule has 1 fully saturated rings. The number of aryl methyl sites for hydroxylation is 1. The Labute approximate surface area is 141 Å². The van der Waals surface area contributed by atoms with Crippen molar-refractivity contribution in [2.45, 2.75) is 45.7 Å². The summed E-state index contributed by atoms with van der Waals surface area (Å²) >= 11 is 0. The third-order valence-electron chi connectivity index (χ3n) is 4.40. The number of anilines is 1. The van der Waals surface area contributed by atoms with E-state index < -0.39 is 0 Å². The molecule has 1 aliphatic heterocycles. The molecule has 3 aromatic rings. The van der Waals surface area contributed by atoms with Gasteiger partial charge in [-0.3, -0.25) is 0 Å². The highest BCUT2D eigenvalue weighted by Crippen LogP contribution is 2.28. The highest BCUT2D eigenvalue weighted by atomic mass is 15.4. The topological polar surface area (TPSA) is 58.4 Å². The Balaban J connectivity index is 1.95. The van der Waals surface area contributed by atoms with Crippen molar-refractivity contribution in [2.75, 3.05) is 18.0 Å². The number of hydrogen-bond donors (Lipinski definition) is 1. The largest absolute Gasteiger partial charge is 0.337 e. The van der Waals surface area contributed by atoms with Crippen molar-refractivity contribution < 1.29 is 0 Å². The van der Waals surface area contributed by atoms with Crippen molar-refractivity contribution in [3.8, 4) is 0 Å². The van der Waals surface area contributed by atoms with Crippen molar-refractivity contribution in [1.82, 2.24) is 24.9 Å². The molecule has 24 heavy (non-hydrogen) atoms. The van der Waals surface area contributed by atoms with Crippen LogP contribution in [0.1, 0.15) is 33.5 Å². The average Bonchev–Trinajstić information content (AvgIpc) is 2.84. The van der Waals surface area contributed by atoms with Crippen LogP contribution < -0.4 is 10.2 Å². The van der Waals surface area contributed by atoms with Gasteiger partial charge in [-0.15, -0.1) is 5.10 Å². The predicted octanol–water partition coefficient (Wildman–Crippen LogP) is 2.55. The molecule has 0 radical (unpaired) electrons. The Kier molecular flexibility index (Phi) is 3.12. The van der Waals surface area contributed by atoms with Gasteiger partial charge in [-0.25, -0.2) is 9.97 Å². The summed E-state index contributed by atoms with van der Waals surface area (Å²) in [5, 5.41) is 9.36. The lowest BCUT2D eigenvalue weighted by Gasteiger charge is -2.48. The number of fused-ring (bicyclic) bond motifs is 3. The van der Waals surface area contributed by atoms with Crippen LogP contribution in [-0.4, -0.2) is 43.7 Å². The molecule has 0 spiro atoms. The molecule has 6 nitrogen and oxygen atoms in total. The first kappa shape index (κ1) is 15.3. The van der Waals surface area contributed by atoms with Gasteiger partial charge in [0.25, 0.3) is 0 Å². The zero-order chi connectivity index (χ0) is 17.1. The third kappa shape index (κ3) is 2.51. The van der Waals surface area contributed by atoms with Crippen LogP contribution in [0.15, 0.2) is 24.3 Å². The van der Waals surface area contributed by atoms with E-state index in [1.807, 2.05) is 29.6 Å². The highest BCUT2D eigenvalue weighted by molar-refractivity contribution is 5.92. The molecule has 1 aromatic carbocycles. The Bertz CT molecular complexity index is 908. The minimum atomic E-state index is -0.00295. The summed E-state index contributed by atoms with van der Waals surface area (Å²) in [5.74, 6) is 1.63. The number of rotatable bonds is 1. The van der Waals surface area contributed by atoms with Gasteiger partial charge >= 0.3 is 0 Å². The Morgan fingerprint density at radius 3 is 2.38 bits per heavy atom. The lowest BCUT2D eigenvalue weighted by Crippen LogP contribution is -2.67. The van der Waals surface area contributed by atoms with E-state index in [4.69, 9.17) is 4.98 Å². The number of nitrogens with zero attached hydrogens (tertiary/aromatic N) is 5. The third-order valence-corrected chi connectivity index (χ3v) is 4.40. The Hall–Kier alpha value is -2.21. The number of para-hydroxylation sites is 1. The summed E-state index contributed by atoms with van der Waals surface area (Å²) in [6.45, 7) is 12.6. The smallest absolute Gasteiger partial charge is 0.229 e. The zero-order valence-electron chi connectivity index (χ0n) is 15.0. The Morgan fingerprint density at radius 2 is 1.67 bits per heavy atom. The van der Waals surface area contributed by atoms with E-state index in [0.29, 0.717) is 0 Å². The van der Waals surface area contributed by atoms with Gasteiger partial charge in [0.2, 0.25) is 5.95 Å². The molecule has 0 atom stereocenters. The van der Waals surface area contributed by atoms with Gasteiger partial charge in [-0.05, 0) is 46.8 Å². The minimum Gasteiger partial charge on any atom is -0.337 e. The van der Waals surface area contributed by atoms with E-state index >= 15 is 0 Å². The van der Waals surface area contributed by atoms with Crippen LogP contribution >= 0.6 is 0 Å². The van der Waals surface area contributed by atoms with Crippen LogP contribution in [0.3, 0.4) is 0 Å². The van der Waals surface area contributed by atoms with Crippen LogP contribution in [0.2, 0.25) is 0 Å². The average molecular weight is 324 g/mol. The second-order valence-electron chi connectivity index (χ2n) is 8.07. The maximum atomic E-state index is 4.93. The predicted molar refractivity (Wildman–Crippen MR) is 96.5 cm³/mol. The summed E-state index contributed by atoms with van der Waals surface area (Å²) in [7, 11) is 0. The maximum absolute atomic E-state index is 4.93. The molecule has 2 aromatic heterocycles. The SMILES string of the molecule is Cc1nc2c3ccccc3nc(N3CC(C)(C)NC(C)(C)C3)n2n1. The number of nitrogens with one attached hydrogen (secondary N) is 1. The second kappa shape index (κ2) is 4.89. The lowest BCUT2D eigenvalue weighted by molar-refractivity contribution is 0.224. The van der Waals surface area contributed by atoms with Crippen LogP contribution in [0.5, 0.6) is 0 Å². The van der Waals surface area contributed by atoms with E-state index in [9.17, 15) is 0 Å². The minimum absolute atomic E-state index is 0.00295. The summed E-state index contributed by atoms with van der Waals surface area (Å²) in [5.41, 5.74) is 1.83. The molecule has 3 heterocycles. The number of piperazine rings is 1. The van der Waals surface area contributed by atoms with Gasteiger partial charge in [0.05, 0.1) is 5.52 Å². The molecule has 126 valence electrons. The number of aromatic nitrogens is 4. The van der Waals surface area contributed by atoms with Crippen molar-refractivity contribution in [1.29, 1.82) is 0 Å². The van der Waals surface area contributed by atoms with Crippen molar-refractivity contribution in [3.63, 3.8) is 0 Å². The number of hydrogen-bond acceptors (Lipinski definition) is 5. The first-order valence-corrected chi connectivity index (χ1v) is 8.41. The molecule has 1 N–H and O–H groups in total. The van der Waals surface area contributed by atoms with Crippen molar-refractivity contribution >= 4 is 22.5 Å². The van der Waals surface area contributed by atoms with Gasteiger partial charge < -0.3 is 10.2 Å². The molecule has 0 saturated carbocycles. The second-order valence-corrected chi connectivity index (χ2v) is 8.07. The van der Waals surface area contributed by atoms with Crippen molar-refractivity contribution in [2.24, 2.45) is 0 Å². The standard InChI is InChI=1S/C18H24N6/c1-12-19-15-13-8-6-7-9-14(13)20-16(24(15)21-12)23-10-17(2,3)22-18(4,5)11-23/h6-9,22H,10-11H2,1-5H3. The first-order valence-electron chi connectivity index (χ1n) is 8.41. The fraction of sp³-hybridized carbons (Fsp3) is 0.500.